The number of piperazine rings is 1. The van der Waals surface area contributed by atoms with Crippen molar-refractivity contribution in [2.45, 2.75) is 25.3 Å². The van der Waals surface area contributed by atoms with Crippen LogP contribution < -0.4 is 10.6 Å². The fraction of sp³-hybridized carbons (Fsp3) is 0.524. The number of hydrogen-bond donors (Lipinski definition) is 2. The normalized spacial score (nSPS) is 25.7. The van der Waals surface area contributed by atoms with Gasteiger partial charge in [0.2, 0.25) is 5.91 Å². The summed E-state index contributed by atoms with van der Waals surface area (Å²) >= 11 is 0. The predicted octanol–water partition coefficient (Wildman–Crippen LogP) is 1.46. The van der Waals surface area contributed by atoms with Crippen LogP contribution in [0.15, 0.2) is 36.7 Å². The number of carbonyl (C=O) groups is 1. The van der Waals surface area contributed by atoms with E-state index in [4.69, 9.17) is 0 Å². The van der Waals surface area contributed by atoms with Crippen LogP contribution in [0, 0.1) is 5.92 Å². The number of nitrogens with one attached hydrogen (secondary N) is 2. The van der Waals surface area contributed by atoms with E-state index < -0.39 is 0 Å². The van der Waals surface area contributed by atoms with Crippen molar-refractivity contribution < 1.29 is 4.79 Å². The summed E-state index contributed by atoms with van der Waals surface area (Å²) in [6.45, 7) is 6.17. The van der Waals surface area contributed by atoms with E-state index in [0.717, 1.165) is 44.7 Å². The average Bonchev–Trinajstić information content (AvgIpc) is 3.36. The minimum absolute atomic E-state index is 0.0234. The van der Waals surface area contributed by atoms with Crippen molar-refractivity contribution >= 4 is 5.91 Å². The monoisotopic (exact) mass is 367 g/mol. The average molecular weight is 367 g/mol. The minimum Gasteiger partial charge on any atom is -0.333 e. The van der Waals surface area contributed by atoms with Crippen molar-refractivity contribution in [2.75, 3.05) is 32.7 Å². The fourth-order valence-electron chi connectivity index (χ4n) is 4.37. The van der Waals surface area contributed by atoms with Gasteiger partial charge in [0.25, 0.3) is 0 Å². The molecule has 6 heteroatoms. The molecule has 0 saturated carbocycles. The maximum atomic E-state index is 13.5. The van der Waals surface area contributed by atoms with E-state index >= 15 is 0 Å². The van der Waals surface area contributed by atoms with Gasteiger partial charge in [-0.25, -0.2) is 0 Å². The third-order valence-corrected chi connectivity index (χ3v) is 5.98. The van der Waals surface area contributed by atoms with Crippen molar-refractivity contribution in [3.8, 4) is 0 Å². The smallest absolute Gasteiger partial charge is 0.228 e. The molecule has 4 rings (SSSR count). The van der Waals surface area contributed by atoms with Crippen molar-refractivity contribution in [3.63, 3.8) is 0 Å². The molecule has 0 radical (unpaired) electrons. The molecule has 0 aliphatic carbocycles. The Balaban J connectivity index is 1.56. The van der Waals surface area contributed by atoms with Gasteiger partial charge in [-0.3, -0.25) is 9.48 Å². The molecular formula is C21H29N5O. The second-order valence-corrected chi connectivity index (χ2v) is 7.67. The molecule has 6 nitrogen and oxygen atoms in total. The Hall–Kier alpha value is -2.18. The zero-order valence-electron chi connectivity index (χ0n) is 16.2. The second kappa shape index (κ2) is 7.82. The summed E-state index contributed by atoms with van der Waals surface area (Å²) in [5, 5.41) is 11.2. The van der Waals surface area contributed by atoms with E-state index in [-0.39, 0.29) is 23.8 Å². The lowest BCUT2D eigenvalue weighted by Gasteiger charge is -2.38. The predicted molar refractivity (Wildman–Crippen MR) is 105 cm³/mol. The lowest BCUT2D eigenvalue weighted by Crippen LogP contribution is -2.51. The molecule has 2 saturated heterocycles. The molecule has 2 aliphatic heterocycles. The quantitative estimate of drug-likeness (QED) is 0.859. The lowest BCUT2D eigenvalue weighted by molar-refractivity contribution is -0.138. The molecule has 1 aromatic heterocycles. The molecule has 0 bridgehead atoms. The first-order valence-electron chi connectivity index (χ1n) is 9.96. The molecular weight excluding hydrogens is 338 g/mol. The Labute approximate surface area is 160 Å². The first-order chi connectivity index (χ1) is 13.2. The molecule has 2 N–H and O–H groups in total. The summed E-state index contributed by atoms with van der Waals surface area (Å²) in [7, 11) is 1.93. The van der Waals surface area contributed by atoms with E-state index in [2.05, 4.69) is 51.8 Å². The second-order valence-electron chi connectivity index (χ2n) is 7.67. The molecule has 3 atom stereocenters. The van der Waals surface area contributed by atoms with Gasteiger partial charge in [-0.1, -0.05) is 31.2 Å². The van der Waals surface area contributed by atoms with Crippen LogP contribution in [0.25, 0.3) is 0 Å². The van der Waals surface area contributed by atoms with Crippen LogP contribution in [0.3, 0.4) is 0 Å². The van der Waals surface area contributed by atoms with E-state index in [9.17, 15) is 4.79 Å². The Morgan fingerprint density at radius 3 is 2.67 bits per heavy atom. The number of amides is 1. The van der Waals surface area contributed by atoms with Gasteiger partial charge in [-0.15, -0.1) is 0 Å². The van der Waals surface area contributed by atoms with Crippen molar-refractivity contribution in [1.29, 1.82) is 0 Å². The number of rotatable bonds is 4. The largest absolute Gasteiger partial charge is 0.333 e. The summed E-state index contributed by atoms with van der Waals surface area (Å²) < 4.78 is 1.82. The summed E-state index contributed by atoms with van der Waals surface area (Å²) in [6, 6.07) is 8.84. The molecule has 1 amide bonds. The Morgan fingerprint density at radius 2 is 1.96 bits per heavy atom. The standard InChI is InChI=1S/C21H29N5O/c1-3-15-4-6-16(7-5-15)20-13-22-8-9-26(20)21(27)19-12-23-11-18(19)17-10-24-25(2)14-17/h4-7,10,14,18-20,22-23H,3,8-9,11-13H2,1-2H3/t18-,19+,20?/m1/s1. The first kappa shape index (κ1) is 18.2. The highest BCUT2D eigenvalue weighted by atomic mass is 16.2. The summed E-state index contributed by atoms with van der Waals surface area (Å²) in [5.74, 6) is 0.439. The van der Waals surface area contributed by atoms with Gasteiger partial charge in [-0.2, -0.15) is 5.10 Å². The highest BCUT2D eigenvalue weighted by molar-refractivity contribution is 5.81. The fourth-order valence-corrected chi connectivity index (χ4v) is 4.37. The lowest BCUT2D eigenvalue weighted by atomic mass is 9.88. The molecule has 2 aromatic rings. The first-order valence-corrected chi connectivity index (χ1v) is 9.96. The van der Waals surface area contributed by atoms with Gasteiger partial charge in [0.1, 0.15) is 0 Å². The number of carbonyl (C=O) groups excluding carboxylic acids is 1. The number of nitrogens with zero attached hydrogens (tertiary/aromatic N) is 3. The van der Waals surface area contributed by atoms with E-state index in [1.165, 1.54) is 11.1 Å². The van der Waals surface area contributed by atoms with Gasteiger partial charge in [0, 0.05) is 51.9 Å². The topological polar surface area (TPSA) is 62.2 Å². The van der Waals surface area contributed by atoms with Gasteiger partial charge < -0.3 is 15.5 Å². The third kappa shape index (κ3) is 3.64. The van der Waals surface area contributed by atoms with Crippen LogP contribution in [0.1, 0.15) is 35.6 Å². The Kier molecular flexibility index (Phi) is 5.27. The summed E-state index contributed by atoms with van der Waals surface area (Å²) in [4.78, 5) is 15.6. The van der Waals surface area contributed by atoms with Crippen LogP contribution in [0.4, 0.5) is 0 Å². The number of benzene rings is 1. The number of aromatic nitrogens is 2. The van der Waals surface area contributed by atoms with Gasteiger partial charge in [0.05, 0.1) is 18.2 Å². The molecule has 27 heavy (non-hydrogen) atoms. The van der Waals surface area contributed by atoms with Gasteiger partial charge in [0.15, 0.2) is 0 Å². The zero-order valence-corrected chi connectivity index (χ0v) is 16.2. The molecule has 3 heterocycles. The zero-order chi connectivity index (χ0) is 18.8. The van der Waals surface area contributed by atoms with E-state index in [0.29, 0.717) is 0 Å². The molecule has 1 aromatic carbocycles. The van der Waals surface area contributed by atoms with Crippen LogP contribution in [0.2, 0.25) is 0 Å². The van der Waals surface area contributed by atoms with Crippen LogP contribution >= 0.6 is 0 Å². The molecule has 2 aliphatic rings. The maximum absolute atomic E-state index is 13.5. The minimum atomic E-state index is -0.0234. The van der Waals surface area contributed by atoms with Crippen molar-refractivity contribution in [2.24, 2.45) is 13.0 Å². The maximum Gasteiger partial charge on any atom is 0.228 e. The highest BCUT2D eigenvalue weighted by Gasteiger charge is 2.39. The van der Waals surface area contributed by atoms with Crippen LogP contribution in [0.5, 0.6) is 0 Å². The van der Waals surface area contributed by atoms with E-state index in [1.54, 1.807) is 0 Å². The molecule has 144 valence electrons. The number of hydrogen-bond acceptors (Lipinski definition) is 4. The molecule has 1 unspecified atom stereocenters. The Morgan fingerprint density at radius 1 is 1.15 bits per heavy atom. The van der Waals surface area contributed by atoms with Crippen LogP contribution in [-0.2, 0) is 18.3 Å². The van der Waals surface area contributed by atoms with Gasteiger partial charge in [-0.05, 0) is 23.1 Å². The van der Waals surface area contributed by atoms with Crippen molar-refractivity contribution in [1.82, 2.24) is 25.3 Å². The van der Waals surface area contributed by atoms with Crippen LogP contribution in [-0.4, -0.2) is 53.3 Å². The Bertz CT molecular complexity index is 784. The van der Waals surface area contributed by atoms with Gasteiger partial charge >= 0.3 is 0 Å². The SMILES string of the molecule is CCc1ccc(C2CNCCN2C(=O)[C@H]2CNC[C@@H]2c2cnn(C)c2)cc1. The summed E-state index contributed by atoms with van der Waals surface area (Å²) in [5.41, 5.74) is 3.70. The van der Waals surface area contributed by atoms with Crippen molar-refractivity contribution in [3.05, 3.63) is 53.3 Å². The molecule has 0 spiro atoms. The summed E-state index contributed by atoms with van der Waals surface area (Å²) in [6.07, 6.45) is 4.97. The number of aryl methyl sites for hydroxylation is 2. The molecule has 2 fully saturated rings. The third-order valence-electron chi connectivity index (χ3n) is 5.98. The highest BCUT2D eigenvalue weighted by Crippen LogP contribution is 2.32. The van der Waals surface area contributed by atoms with E-state index in [1.807, 2.05) is 24.1 Å².